The number of rotatable bonds is 7. The van der Waals surface area contributed by atoms with Gasteiger partial charge in [-0.25, -0.2) is 4.79 Å². The number of benzene rings is 1. The number of carbonyl (C=O) groups is 4. The molecule has 5 amide bonds. The number of nitrogens with one attached hydrogen (secondary N) is 2. The zero-order valence-corrected chi connectivity index (χ0v) is 19.7. The molecule has 1 aromatic carbocycles. The lowest BCUT2D eigenvalue weighted by molar-refractivity contribution is -0.135. The molecule has 3 fully saturated rings. The van der Waals surface area contributed by atoms with Crippen LogP contribution in [0.1, 0.15) is 38.5 Å². The monoisotopic (exact) mass is 471 g/mol. The normalized spacial score (nSPS) is 19.8. The van der Waals surface area contributed by atoms with Gasteiger partial charge >= 0.3 is 6.03 Å². The number of amides is 5. The Balaban J connectivity index is 1.23. The molecule has 3 aliphatic rings. The third-order valence-electron chi connectivity index (χ3n) is 6.84. The van der Waals surface area contributed by atoms with Crippen molar-refractivity contribution >= 4 is 35.1 Å². The predicted octanol–water partition coefficient (Wildman–Crippen LogP) is 1.56. The molecule has 1 spiro atoms. The number of anilines is 2. The number of likely N-dealkylation sites (N-methyl/N-ethyl adjacent to an activating group) is 1. The van der Waals surface area contributed by atoms with Gasteiger partial charge in [0, 0.05) is 44.5 Å². The number of hydrogen-bond acceptors (Lipinski definition) is 6. The number of ether oxygens (including phenoxy) is 1. The van der Waals surface area contributed by atoms with Gasteiger partial charge in [0.15, 0.2) is 0 Å². The van der Waals surface area contributed by atoms with E-state index in [9.17, 15) is 19.2 Å². The Labute approximate surface area is 199 Å². The predicted molar refractivity (Wildman–Crippen MR) is 126 cm³/mol. The van der Waals surface area contributed by atoms with Gasteiger partial charge in [-0.3, -0.25) is 19.3 Å². The fourth-order valence-corrected chi connectivity index (χ4v) is 4.85. The summed E-state index contributed by atoms with van der Waals surface area (Å²) in [5, 5.41) is 5.65. The van der Waals surface area contributed by atoms with E-state index in [0.717, 1.165) is 42.9 Å². The topological polar surface area (TPSA) is 111 Å². The van der Waals surface area contributed by atoms with Crippen LogP contribution in [0.15, 0.2) is 24.3 Å². The van der Waals surface area contributed by atoms with Crippen molar-refractivity contribution in [2.24, 2.45) is 0 Å². The van der Waals surface area contributed by atoms with E-state index in [-0.39, 0.29) is 37.2 Å². The van der Waals surface area contributed by atoms with E-state index in [0.29, 0.717) is 31.7 Å². The van der Waals surface area contributed by atoms with Crippen LogP contribution < -0.4 is 15.5 Å². The molecule has 2 N–H and O–H groups in total. The highest BCUT2D eigenvalue weighted by Gasteiger charge is 2.51. The van der Waals surface area contributed by atoms with Crippen LogP contribution >= 0.6 is 0 Å². The Morgan fingerprint density at radius 2 is 1.76 bits per heavy atom. The van der Waals surface area contributed by atoms with E-state index < -0.39 is 11.6 Å². The fraction of sp³-hybridized carbons (Fsp3) is 0.583. The molecule has 184 valence electrons. The highest BCUT2D eigenvalue weighted by atomic mass is 16.5. The van der Waals surface area contributed by atoms with Crippen LogP contribution in [0, 0.1) is 0 Å². The Kier molecular flexibility index (Phi) is 7.35. The Morgan fingerprint density at radius 1 is 1.09 bits per heavy atom. The standard InChI is InChI=1S/C24H33N5O5/c1-27(17-20(30)25-18-5-7-19(8-6-18)28-13-15-34-16-14-28)21(31)9-12-29-22(32)24(26-23(29)33)10-3-2-4-11-24/h5-8H,2-4,9-17H2,1H3,(H,25,30)(H,26,33). The first-order chi connectivity index (χ1) is 16.4. The summed E-state index contributed by atoms with van der Waals surface area (Å²) in [5.41, 5.74) is 0.936. The lowest BCUT2D eigenvalue weighted by Crippen LogP contribution is -2.48. The molecule has 1 saturated carbocycles. The summed E-state index contributed by atoms with van der Waals surface area (Å²) in [4.78, 5) is 54.8. The van der Waals surface area contributed by atoms with E-state index in [1.807, 2.05) is 24.3 Å². The molecule has 0 aromatic heterocycles. The highest BCUT2D eigenvalue weighted by molar-refractivity contribution is 6.07. The quantitative estimate of drug-likeness (QED) is 0.584. The molecule has 0 bridgehead atoms. The maximum Gasteiger partial charge on any atom is 0.325 e. The minimum absolute atomic E-state index is 0.0141. The molecular weight excluding hydrogens is 438 g/mol. The van der Waals surface area contributed by atoms with Gasteiger partial charge in [0.25, 0.3) is 5.91 Å². The summed E-state index contributed by atoms with van der Waals surface area (Å²) in [6, 6.07) is 7.15. The second kappa shape index (κ2) is 10.4. The third kappa shape index (κ3) is 5.32. The highest BCUT2D eigenvalue weighted by Crippen LogP contribution is 2.33. The van der Waals surface area contributed by atoms with Gasteiger partial charge < -0.3 is 25.2 Å². The number of hydrogen-bond donors (Lipinski definition) is 2. The third-order valence-corrected chi connectivity index (χ3v) is 6.84. The summed E-state index contributed by atoms with van der Waals surface area (Å²) >= 11 is 0. The van der Waals surface area contributed by atoms with Gasteiger partial charge in [-0.15, -0.1) is 0 Å². The lowest BCUT2D eigenvalue weighted by Gasteiger charge is -2.30. The maximum atomic E-state index is 12.8. The first-order valence-corrected chi connectivity index (χ1v) is 12.0. The molecule has 2 heterocycles. The summed E-state index contributed by atoms with van der Waals surface area (Å²) in [7, 11) is 1.54. The minimum Gasteiger partial charge on any atom is -0.378 e. The number of imide groups is 1. The molecule has 34 heavy (non-hydrogen) atoms. The zero-order chi connectivity index (χ0) is 24.1. The largest absolute Gasteiger partial charge is 0.378 e. The van der Waals surface area contributed by atoms with Crippen LogP contribution in [0.3, 0.4) is 0 Å². The van der Waals surface area contributed by atoms with Gasteiger partial charge in [0.2, 0.25) is 11.8 Å². The van der Waals surface area contributed by atoms with Gasteiger partial charge in [-0.2, -0.15) is 0 Å². The van der Waals surface area contributed by atoms with Crippen molar-refractivity contribution in [1.29, 1.82) is 0 Å². The number of morpholine rings is 1. The Bertz CT molecular complexity index is 922. The van der Waals surface area contributed by atoms with Gasteiger partial charge in [0.1, 0.15) is 5.54 Å². The maximum absolute atomic E-state index is 12.8. The number of nitrogens with zero attached hydrogens (tertiary/aromatic N) is 3. The fourth-order valence-electron chi connectivity index (χ4n) is 4.85. The summed E-state index contributed by atoms with van der Waals surface area (Å²) in [6.45, 7) is 2.98. The van der Waals surface area contributed by atoms with Crippen molar-refractivity contribution in [3.8, 4) is 0 Å². The van der Waals surface area contributed by atoms with Crippen molar-refractivity contribution in [3.05, 3.63) is 24.3 Å². The van der Waals surface area contributed by atoms with Crippen molar-refractivity contribution < 1.29 is 23.9 Å². The lowest BCUT2D eigenvalue weighted by atomic mass is 9.82. The number of carbonyl (C=O) groups excluding carboxylic acids is 4. The molecule has 0 radical (unpaired) electrons. The smallest absolute Gasteiger partial charge is 0.325 e. The van der Waals surface area contributed by atoms with E-state index in [4.69, 9.17) is 4.74 Å². The molecule has 0 atom stereocenters. The molecule has 1 aliphatic carbocycles. The van der Waals surface area contributed by atoms with Crippen molar-refractivity contribution in [2.45, 2.75) is 44.1 Å². The van der Waals surface area contributed by atoms with E-state index in [1.165, 1.54) is 11.9 Å². The average Bonchev–Trinajstić information content (AvgIpc) is 3.07. The van der Waals surface area contributed by atoms with Crippen LogP contribution in [0.2, 0.25) is 0 Å². The van der Waals surface area contributed by atoms with Crippen LogP contribution in [0.5, 0.6) is 0 Å². The van der Waals surface area contributed by atoms with Crippen molar-refractivity contribution in [1.82, 2.24) is 15.1 Å². The van der Waals surface area contributed by atoms with Crippen LogP contribution in [0.4, 0.5) is 16.2 Å². The zero-order valence-electron chi connectivity index (χ0n) is 19.7. The minimum atomic E-state index is -0.790. The molecule has 2 saturated heterocycles. The first kappa shape index (κ1) is 24.0. The molecule has 0 unspecified atom stereocenters. The van der Waals surface area contributed by atoms with Gasteiger partial charge in [-0.1, -0.05) is 19.3 Å². The Hall–Kier alpha value is -3.14. The molecule has 2 aliphatic heterocycles. The average molecular weight is 472 g/mol. The van der Waals surface area contributed by atoms with Gasteiger partial charge in [0.05, 0.1) is 19.8 Å². The number of urea groups is 1. The summed E-state index contributed by atoms with van der Waals surface area (Å²) in [5.74, 6) is -0.847. The molecule has 10 nitrogen and oxygen atoms in total. The van der Waals surface area contributed by atoms with E-state index in [2.05, 4.69) is 15.5 Å². The second-order valence-corrected chi connectivity index (χ2v) is 9.22. The second-order valence-electron chi connectivity index (χ2n) is 9.22. The molecular formula is C24H33N5O5. The Morgan fingerprint density at radius 3 is 2.44 bits per heavy atom. The van der Waals surface area contributed by atoms with Gasteiger partial charge in [-0.05, 0) is 37.1 Å². The van der Waals surface area contributed by atoms with Crippen LogP contribution in [0.25, 0.3) is 0 Å². The van der Waals surface area contributed by atoms with Crippen molar-refractivity contribution in [3.63, 3.8) is 0 Å². The summed E-state index contributed by atoms with van der Waals surface area (Å²) < 4.78 is 5.37. The SMILES string of the molecule is CN(CC(=O)Nc1ccc(N2CCOCC2)cc1)C(=O)CCN1C(=O)NC2(CCCCC2)C1=O. The summed E-state index contributed by atoms with van der Waals surface area (Å²) in [6.07, 6.45) is 4.16. The first-order valence-electron chi connectivity index (χ1n) is 12.0. The van der Waals surface area contributed by atoms with Crippen LogP contribution in [-0.4, -0.2) is 85.5 Å². The van der Waals surface area contributed by atoms with Crippen LogP contribution in [-0.2, 0) is 19.1 Å². The molecule has 4 rings (SSSR count). The van der Waals surface area contributed by atoms with E-state index in [1.54, 1.807) is 0 Å². The van der Waals surface area contributed by atoms with Crippen molar-refractivity contribution in [2.75, 3.05) is 56.7 Å². The van der Waals surface area contributed by atoms with E-state index >= 15 is 0 Å². The molecule has 10 heteroatoms. The molecule has 1 aromatic rings.